The van der Waals surface area contributed by atoms with Crippen LogP contribution < -0.4 is 10.9 Å². The largest absolute Gasteiger partial charge is 0.444 e. The van der Waals surface area contributed by atoms with Crippen molar-refractivity contribution in [2.45, 2.75) is 45.3 Å². The number of hydrogen-bond donors (Lipinski definition) is 2. The summed E-state index contributed by atoms with van der Waals surface area (Å²) >= 11 is 0. The topological polar surface area (TPSA) is 92.7 Å². The fourth-order valence-electron chi connectivity index (χ4n) is 3.41. The second-order valence-corrected chi connectivity index (χ2v) is 8.41. The first-order chi connectivity index (χ1) is 14.6. The maximum absolute atomic E-state index is 13.0. The van der Waals surface area contributed by atoms with E-state index in [0.717, 1.165) is 0 Å². The summed E-state index contributed by atoms with van der Waals surface area (Å²) in [4.78, 5) is 38.6. The van der Waals surface area contributed by atoms with Gasteiger partial charge >= 0.3 is 6.09 Å². The summed E-state index contributed by atoms with van der Waals surface area (Å²) < 4.78 is 20.2. The molecule has 0 radical (unpaired) electrons. The summed E-state index contributed by atoms with van der Waals surface area (Å²) in [7, 11) is 0. The highest BCUT2D eigenvalue weighted by atomic mass is 19.1. The molecule has 1 aromatic heterocycles. The number of halogens is 1. The van der Waals surface area contributed by atoms with Crippen molar-refractivity contribution in [2.75, 3.05) is 13.1 Å². The third kappa shape index (κ3) is 5.84. The maximum atomic E-state index is 13.0. The fourth-order valence-corrected chi connectivity index (χ4v) is 3.41. The highest BCUT2D eigenvalue weighted by Crippen LogP contribution is 2.25. The molecule has 0 aliphatic carbocycles. The number of nitrogens with zero attached hydrogens (tertiary/aromatic N) is 2. The second-order valence-electron chi connectivity index (χ2n) is 8.41. The van der Waals surface area contributed by atoms with Crippen LogP contribution in [0.3, 0.4) is 0 Å². The summed E-state index contributed by atoms with van der Waals surface area (Å²) in [5, 5.41) is 0. The van der Waals surface area contributed by atoms with Crippen molar-refractivity contribution in [2.24, 2.45) is 0 Å². The van der Waals surface area contributed by atoms with Crippen LogP contribution in [0, 0.1) is 5.82 Å². The van der Waals surface area contributed by atoms with E-state index in [1.807, 2.05) is 31.5 Å². The predicted octanol–water partition coefficient (Wildman–Crippen LogP) is 3.27. The maximum Gasteiger partial charge on any atom is 0.410 e. The number of carbonyl (C=O) groups excluding carboxylic acids is 3. The number of ether oxygens (including phenoxy) is 1. The molecule has 8 nitrogen and oxygen atoms in total. The van der Waals surface area contributed by atoms with Crippen molar-refractivity contribution < 1.29 is 23.5 Å². The number of likely N-dealkylation sites (tertiary alicyclic amines) is 1. The highest BCUT2D eigenvalue weighted by Gasteiger charge is 2.28. The van der Waals surface area contributed by atoms with E-state index in [4.69, 9.17) is 4.74 Å². The number of piperidine rings is 1. The fraction of sp³-hybridized carbons (Fsp3) is 0.409. The van der Waals surface area contributed by atoms with E-state index in [0.29, 0.717) is 31.6 Å². The number of aromatic nitrogens is 1. The van der Waals surface area contributed by atoms with Gasteiger partial charge in [0.05, 0.1) is 0 Å². The lowest BCUT2D eigenvalue weighted by atomic mass is 10.0. The quantitative estimate of drug-likeness (QED) is 0.731. The van der Waals surface area contributed by atoms with Crippen LogP contribution in [0.5, 0.6) is 0 Å². The van der Waals surface area contributed by atoms with Crippen LogP contribution in [-0.4, -0.2) is 46.1 Å². The van der Waals surface area contributed by atoms with E-state index in [-0.39, 0.29) is 17.7 Å². The average molecular weight is 430 g/mol. The molecule has 1 aliphatic heterocycles. The zero-order valence-corrected chi connectivity index (χ0v) is 17.9. The molecule has 166 valence electrons. The average Bonchev–Trinajstić information content (AvgIpc) is 3.21. The number of carbonyl (C=O) groups is 3. The molecular weight excluding hydrogens is 403 g/mol. The van der Waals surface area contributed by atoms with Crippen LogP contribution in [0.25, 0.3) is 0 Å². The van der Waals surface area contributed by atoms with E-state index in [1.165, 1.54) is 24.3 Å². The van der Waals surface area contributed by atoms with E-state index < -0.39 is 23.2 Å². The molecule has 1 saturated heterocycles. The Kier molecular flexibility index (Phi) is 6.62. The SMILES string of the molecule is CC(C)(C)OC(=O)N1CCC(n2cccc2C(=O)NNC(=O)c2ccc(F)cc2)CC1. The van der Waals surface area contributed by atoms with E-state index in [9.17, 15) is 18.8 Å². The van der Waals surface area contributed by atoms with E-state index in [2.05, 4.69) is 10.9 Å². The van der Waals surface area contributed by atoms with Gasteiger partial charge in [0, 0.05) is 30.9 Å². The van der Waals surface area contributed by atoms with Gasteiger partial charge in [-0.1, -0.05) is 0 Å². The van der Waals surface area contributed by atoms with Gasteiger partial charge < -0.3 is 14.2 Å². The summed E-state index contributed by atoms with van der Waals surface area (Å²) in [6.07, 6.45) is 2.83. The lowest BCUT2D eigenvalue weighted by Gasteiger charge is -2.34. The Hall–Kier alpha value is -3.36. The van der Waals surface area contributed by atoms with E-state index >= 15 is 0 Å². The first-order valence-electron chi connectivity index (χ1n) is 10.1. The number of amides is 3. The van der Waals surface area contributed by atoms with Crippen LogP contribution in [0.15, 0.2) is 42.6 Å². The van der Waals surface area contributed by atoms with Crippen LogP contribution in [0.2, 0.25) is 0 Å². The monoisotopic (exact) mass is 430 g/mol. The van der Waals surface area contributed by atoms with Gasteiger partial charge in [-0.2, -0.15) is 0 Å². The third-order valence-corrected chi connectivity index (χ3v) is 4.92. The molecule has 1 aliphatic rings. The number of hydrazine groups is 1. The molecule has 0 unspecified atom stereocenters. The molecule has 0 atom stereocenters. The zero-order chi connectivity index (χ0) is 22.6. The molecule has 0 bridgehead atoms. The summed E-state index contributed by atoms with van der Waals surface area (Å²) in [6, 6.07) is 8.48. The lowest BCUT2D eigenvalue weighted by Crippen LogP contribution is -2.44. The van der Waals surface area contributed by atoms with Crippen LogP contribution in [-0.2, 0) is 4.74 Å². The molecular formula is C22H27FN4O4. The first-order valence-corrected chi connectivity index (χ1v) is 10.1. The summed E-state index contributed by atoms with van der Waals surface area (Å²) in [5.74, 6) is -1.46. The molecule has 2 heterocycles. The minimum atomic E-state index is -0.544. The highest BCUT2D eigenvalue weighted by molar-refractivity contribution is 5.98. The lowest BCUT2D eigenvalue weighted by molar-refractivity contribution is 0.0187. The van der Waals surface area contributed by atoms with Crippen molar-refractivity contribution in [3.63, 3.8) is 0 Å². The number of nitrogens with one attached hydrogen (secondary N) is 2. The van der Waals surface area contributed by atoms with Gasteiger partial charge in [-0.05, 0) is 70.0 Å². The number of benzene rings is 1. The van der Waals surface area contributed by atoms with Crippen molar-refractivity contribution in [1.82, 2.24) is 20.3 Å². The minimum absolute atomic E-state index is 0.0437. The second kappa shape index (κ2) is 9.20. The first kappa shape index (κ1) is 22.3. The van der Waals surface area contributed by atoms with Gasteiger partial charge in [-0.25, -0.2) is 9.18 Å². The van der Waals surface area contributed by atoms with Crippen molar-refractivity contribution in [1.29, 1.82) is 0 Å². The van der Waals surface area contributed by atoms with Gasteiger partial charge in [0.1, 0.15) is 17.1 Å². The number of hydrogen-bond acceptors (Lipinski definition) is 4. The standard InChI is InChI=1S/C22H27FN4O4/c1-22(2,3)31-21(30)26-13-10-17(11-14-26)27-12-4-5-18(27)20(29)25-24-19(28)15-6-8-16(23)9-7-15/h4-9,12,17H,10-11,13-14H2,1-3H3,(H,24,28)(H,25,29). The predicted molar refractivity (Wildman–Crippen MR) is 112 cm³/mol. The van der Waals surface area contributed by atoms with Gasteiger partial charge in [0.15, 0.2) is 0 Å². The Labute approximate surface area is 180 Å². The molecule has 31 heavy (non-hydrogen) atoms. The molecule has 0 saturated carbocycles. The molecule has 1 fully saturated rings. The normalized spacial score (nSPS) is 14.8. The van der Waals surface area contributed by atoms with Crippen LogP contribution in [0.1, 0.15) is 60.5 Å². The minimum Gasteiger partial charge on any atom is -0.444 e. The van der Waals surface area contributed by atoms with Crippen molar-refractivity contribution >= 4 is 17.9 Å². The third-order valence-electron chi connectivity index (χ3n) is 4.92. The Morgan fingerprint density at radius 1 is 1.00 bits per heavy atom. The van der Waals surface area contributed by atoms with Crippen LogP contribution in [0.4, 0.5) is 9.18 Å². The Balaban J connectivity index is 1.56. The molecule has 3 amide bonds. The van der Waals surface area contributed by atoms with Gasteiger partial charge in [-0.15, -0.1) is 0 Å². The Bertz CT molecular complexity index is 941. The molecule has 0 spiro atoms. The molecule has 2 N–H and O–H groups in total. The Morgan fingerprint density at radius 3 is 2.23 bits per heavy atom. The summed E-state index contributed by atoms with van der Waals surface area (Å²) in [6.45, 7) is 6.55. The summed E-state index contributed by atoms with van der Waals surface area (Å²) in [5.41, 5.74) is 4.81. The smallest absolute Gasteiger partial charge is 0.410 e. The van der Waals surface area contributed by atoms with E-state index in [1.54, 1.807) is 17.0 Å². The molecule has 3 rings (SSSR count). The van der Waals surface area contributed by atoms with Gasteiger partial charge in [0.25, 0.3) is 11.8 Å². The van der Waals surface area contributed by atoms with Crippen molar-refractivity contribution in [3.8, 4) is 0 Å². The van der Waals surface area contributed by atoms with Crippen molar-refractivity contribution in [3.05, 3.63) is 59.7 Å². The Morgan fingerprint density at radius 2 is 1.61 bits per heavy atom. The molecule has 9 heteroatoms. The number of rotatable bonds is 3. The molecule has 2 aromatic rings. The molecule has 1 aromatic carbocycles. The van der Waals surface area contributed by atoms with Gasteiger partial charge in [-0.3, -0.25) is 20.4 Å². The van der Waals surface area contributed by atoms with Crippen LogP contribution >= 0.6 is 0 Å². The zero-order valence-electron chi connectivity index (χ0n) is 17.9. The van der Waals surface area contributed by atoms with Gasteiger partial charge in [0.2, 0.25) is 0 Å².